The number of hydrogen-bond donors (Lipinski definition) is 2. The molecule has 0 heterocycles. The molecule has 4 heteroatoms. The van der Waals surface area contributed by atoms with Crippen molar-refractivity contribution in [2.75, 3.05) is 6.54 Å². The van der Waals surface area contributed by atoms with E-state index in [1.54, 1.807) is 0 Å². The minimum absolute atomic E-state index is 0.0990. The zero-order chi connectivity index (χ0) is 14.5. The summed E-state index contributed by atoms with van der Waals surface area (Å²) in [7, 11) is 0. The number of halogens is 1. The average molecular weight is 278 g/mol. The highest BCUT2D eigenvalue weighted by atomic mass is 19.1. The van der Waals surface area contributed by atoms with Crippen molar-refractivity contribution in [3.8, 4) is 0 Å². The molecular formula is C16H23FN2O. The monoisotopic (exact) mass is 278 g/mol. The summed E-state index contributed by atoms with van der Waals surface area (Å²) in [6.07, 6.45) is 2.66. The van der Waals surface area contributed by atoms with Gasteiger partial charge in [-0.05, 0) is 50.3 Å². The Kier molecular flexibility index (Phi) is 5.12. The summed E-state index contributed by atoms with van der Waals surface area (Å²) in [6.45, 7) is 4.65. The van der Waals surface area contributed by atoms with E-state index in [2.05, 4.69) is 10.6 Å². The first-order chi connectivity index (χ1) is 9.54. The molecule has 1 aromatic rings. The van der Waals surface area contributed by atoms with Gasteiger partial charge in [0, 0.05) is 25.0 Å². The molecule has 0 aliphatic heterocycles. The highest BCUT2D eigenvalue weighted by Gasteiger charge is 2.29. The number of carbonyl (C=O) groups excluding carboxylic acids is 1. The molecule has 1 fully saturated rings. The number of carbonyl (C=O) groups is 1. The lowest BCUT2D eigenvalue weighted by molar-refractivity contribution is -0.121. The third-order valence-corrected chi connectivity index (χ3v) is 3.71. The molecule has 1 aliphatic rings. The number of nitrogens with one attached hydrogen (secondary N) is 2. The lowest BCUT2D eigenvalue weighted by atomic mass is 9.76. The van der Waals surface area contributed by atoms with E-state index < -0.39 is 0 Å². The molecule has 1 saturated carbocycles. The maximum atomic E-state index is 12.8. The summed E-state index contributed by atoms with van der Waals surface area (Å²) in [4.78, 5) is 11.5. The third kappa shape index (κ3) is 4.30. The first-order valence-electron chi connectivity index (χ1n) is 7.33. The van der Waals surface area contributed by atoms with Crippen LogP contribution in [0.1, 0.15) is 44.6 Å². The van der Waals surface area contributed by atoms with Crippen LogP contribution in [0.5, 0.6) is 0 Å². The van der Waals surface area contributed by atoms with Gasteiger partial charge in [0.25, 0.3) is 0 Å². The van der Waals surface area contributed by atoms with Gasteiger partial charge in [0.05, 0.1) is 0 Å². The number of amides is 1. The molecule has 1 aromatic carbocycles. The smallest absolute Gasteiger partial charge is 0.221 e. The molecule has 0 spiro atoms. The summed E-state index contributed by atoms with van der Waals surface area (Å²) < 4.78 is 12.8. The van der Waals surface area contributed by atoms with Crippen LogP contribution in [0.15, 0.2) is 24.3 Å². The van der Waals surface area contributed by atoms with Gasteiger partial charge < -0.3 is 10.6 Å². The maximum Gasteiger partial charge on any atom is 0.221 e. The fourth-order valence-electron chi connectivity index (χ4n) is 2.58. The van der Waals surface area contributed by atoms with E-state index in [0.29, 0.717) is 18.4 Å². The van der Waals surface area contributed by atoms with Crippen LogP contribution in [0, 0.1) is 5.82 Å². The molecule has 20 heavy (non-hydrogen) atoms. The lowest BCUT2D eigenvalue weighted by Gasteiger charge is -2.36. The van der Waals surface area contributed by atoms with Crippen molar-refractivity contribution in [1.82, 2.24) is 10.6 Å². The van der Waals surface area contributed by atoms with Crippen molar-refractivity contribution in [2.45, 2.75) is 51.1 Å². The van der Waals surface area contributed by atoms with E-state index in [1.165, 1.54) is 17.7 Å². The second-order valence-electron chi connectivity index (χ2n) is 5.84. The van der Waals surface area contributed by atoms with Crippen molar-refractivity contribution in [2.24, 2.45) is 0 Å². The molecular weight excluding hydrogens is 255 g/mol. The fourth-order valence-corrected chi connectivity index (χ4v) is 2.58. The number of benzene rings is 1. The summed E-state index contributed by atoms with van der Waals surface area (Å²) in [6, 6.07) is 7.46. The summed E-state index contributed by atoms with van der Waals surface area (Å²) in [5, 5.41) is 6.28. The van der Waals surface area contributed by atoms with Gasteiger partial charge in [0.1, 0.15) is 5.82 Å². The first-order valence-corrected chi connectivity index (χ1v) is 7.33. The second-order valence-corrected chi connectivity index (χ2v) is 5.84. The second kappa shape index (κ2) is 6.84. The van der Waals surface area contributed by atoms with Gasteiger partial charge >= 0.3 is 0 Å². The van der Waals surface area contributed by atoms with Crippen LogP contribution >= 0.6 is 0 Å². The Labute approximate surface area is 120 Å². The van der Waals surface area contributed by atoms with Crippen LogP contribution in [0.4, 0.5) is 4.39 Å². The Balaban J connectivity index is 1.62. The van der Waals surface area contributed by atoms with E-state index in [9.17, 15) is 9.18 Å². The normalized spacial score (nSPS) is 21.6. The van der Waals surface area contributed by atoms with Gasteiger partial charge in [-0.1, -0.05) is 12.1 Å². The standard InChI is InChI=1S/C16H23FN2O/c1-11(2)19-16(20)7-8-18-15-9-13(10-15)12-3-5-14(17)6-4-12/h3-6,11,13,15,18H,7-10H2,1-2H3,(H,19,20). The van der Waals surface area contributed by atoms with Crippen molar-refractivity contribution < 1.29 is 9.18 Å². The molecule has 0 radical (unpaired) electrons. The zero-order valence-electron chi connectivity index (χ0n) is 12.2. The average Bonchev–Trinajstić information content (AvgIpc) is 2.33. The van der Waals surface area contributed by atoms with Gasteiger partial charge in [-0.3, -0.25) is 4.79 Å². The predicted octanol–water partition coefficient (Wildman–Crippen LogP) is 2.58. The Morgan fingerprint density at radius 3 is 2.55 bits per heavy atom. The molecule has 1 aliphatic carbocycles. The van der Waals surface area contributed by atoms with Crippen molar-refractivity contribution in [3.05, 3.63) is 35.6 Å². The highest BCUT2D eigenvalue weighted by Crippen LogP contribution is 2.36. The Hall–Kier alpha value is -1.42. The molecule has 0 atom stereocenters. The van der Waals surface area contributed by atoms with E-state index in [4.69, 9.17) is 0 Å². The van der Waals surface area contributed by atoms with E-state index in [0.717, 1.165) is 19.4 Å². The lowest BCUT2D eigenvalue weighted by Crippen LogP contribution is -2.42. The van der Waals surface area contributed by atoms with Crippen LogP contribution in [-0.4, -0.2) is 24.5 Å². The first kappa shape index (κ1) is 15.0. The van der Waals surface area contributed by atoms with Crippen LogP contribution in [-0.2, 0) is 4.79 Å². The summed E-state index contributed by atoms with van der Waals surface area (Å²) >= 11 is 0. The van der Waals surface area contributed by atoms with Crippen molar-refractivity contribution in [1.29, 1.82) is 0 Å². The topological polar surface area (TPSA) is 41.1 Å². The molecule has 110 valence electrons. The molecule has 2 rings (SSSR count). The number of rotatable bonds is 6. The van der Waals surface area contributed by atoms with Crippen LogP contribution in [0.2, 0.25) is 0 Å². The molecule has 3 nitrogen and oxygen atoms in total. The van der Waals surface area contributed by atoms with Gasteiger partial charge in [0.2, 0.25) is 5.91 Å². The molecule has 0 saturated heterocycles. The van der Waals surface area contributed by atoms with Gasteiger partial charge in [0.15, 0.2) is 0 Å². The largest absolute Gasteiger partial charge is 0.354 e. The molecule has 2 N–H and O–H groups in total. The minimum Gasteiger partial charge on any atom is -0.354 e. The predicted molar refractivity (Wildman–Crippen MR) is 78.1 cm³/mol. The van der Waals surface area contributed by atoms with Crippen molar-refractivity contribution >= 4 is 5.91 Å². The van der Waals surface area contributed by atoms with E-state index in [1.807, 2.05) is 26.0 Å². The third-order valence-electron chi connectivity index (χ3n) is 3.71. The SMILES string of the molecule is CC(C)NC(=O)CCNC1CC(c2ccc(F)cc2)C1. The summed E-state index contributed by atoms with van der Waals surface area (Å²) in [5.41, 5.74) is 1.21. The quantitative estimate of drug-likeness (QED) is 0.839. The van der Waals surface area contributed by atoms with Gasteiger partial charge in [-0.2, -0.15) is 0 Å². The number of hydrogen-bond acceptors (Lipinski definition) is 2. The molecule has 1 amide bonds. The molecule has 0 aromatic heterocycles. The van der Waals surface area contributed by atoms with Crippen LogP contribution < -0.4 is 10.6 Å². The van der Waals surface area contributed by atoms with Gasteiger partial charge in [-0.15, -0.1) is 0 Å². The minimum atomic E-state index is -0.182. The van der Waals surface area contributed by atoms with Crippen LogP contribution in [0.3, 0.4) is 0 Å². The summed E-state index contributed by atoms with van der Waals surface area (Å²) in [5.74, 6) is 0.443. The maximum absolute atomic E-state index is 12.8. The van der Waals surface area contributed by atoms with E-state index >= 15 is 0 Å². The Bertz CT molecular complexity index is 438. The Morgan fingerprint density at radius 1 is 1.30 bits per heavy atom. The highest BCUT2D eigenvalue weighted by molar-refractivity contribution is 5.76. The van der Waals surface area contributed by atoms with Crippen LogP contribution in [0.25, 0.3) is 0 Å². The molecule has 0 bridgehead atoms. The van der Waals surface area contributed by atoms with Gasteiger partial charge in [-0.25, -0.2) is 4.39 Å². The molecule has 0 unspecified atom stereocenters. The zero-order valence-corrected chi connectivity index (χ0v) is 12.2. The van der Waals surface area contributed by atoms with Crippen molar-refractivity contribution in [3.63, 3.8) is 0 Å². The fraction of sp³-hybridized carbons (Fsp3) is 0.562. The Morgan fingerprint density at radius 2 is 1.95 bits per heavy atom. The van der Waals surface area contributed by atoms with E-state index in [-0.39, 0.29) is 17.8 Å².